The Bertz CT molecular complexity index is 605. The molecule has 0 bridgehead atoms. The molecule has 5 nitrogen and oxygen atoms in total. The van der Waals surface area contributed by atoms with E-state index in [-0.39, 0.29) is 11.8 Å². The number of pyridine rings is 1. The van der Waals surface area contributed by atoms with Crippen molar-refractivity contribution in [1.29, 1.82) is 0 Å². The second-order valence-corrected chi connectivity index (χ2v) is 5.42. The molecule has 19 heavy (non-hydrogen) atoms. The lowest BCUT2D eigenvalue weighted by atomic mass is 9.99. The fraction of sp³-hybridized carbons (Fsp3) is 0.385. The van der Waals surface area contributed by atoms with Crippen molar-refractivity contribution in [2.75, 3.05) is 18.5 Å². The molecule has 0 spiro atoms. The Kier molecular flexibility index (Phi) is 3.52. The van der Waals surface area contributed by atoms with Crippen LogP contribution < -0.4 is 5.32 Å². The van der Waals surface area contributed by atoms with Crippen molar-refractivity contribution in [3.63, 3.8) is 0 Å². The number of carbonyl (C=O) groups is 1. The molecule has 3 heterocycles. The third kappa shape index (κ3) is 2.64. The van der Waals surface area contributed by atoms with Gasteiger partial charge in [-0.05, 0) is 40.9 Å². The molecule has 0 unspecified atom stereocenters. The molecule has 1 aliphatic rings. The first-order valence-corrected chi connectivity index (χ1v) is 7.04. The molecule has 1 aliphatic heterocycles. The zero-order valence-electron chi connectivity index (χ0n) is 10.3. The van der Waals surface area contributed by atoms with Crippen LogP contribution in [0.1, 0.15) is 12.8 Å². The summed E-state index contributed by atoms with van der Waals surface area (Å²) in [5, 5.41) is 2.96. The predicted octanol–water partition coefficient (Wildman–Crippen LogP) is 2.46. The van der Waals surface area contributed by atoms with Gasteiger partial charge in [0.2, 0.25) is 5.91 Å². The number of nitrogens with one attached hydrogen (secondary N) is 1. The second kappa shape index (κ2) is 5.30. The number of aromatic nitrogens is 2. The zero-order valence-corrected chi connectivity index (χ0v) is 11.9. The average Bonchev–Trinajstić information content (AvgIpc) is 2.81. The van der Waals surface area contributed by atoms with Gasteiger partial charge in [-0.3, -0.25) is 9.20 Å². The Morgan fingerprint density at radius 3 is 3.00 bits per heavy atom. The molecule has 0 saturated carbocycles. The van der Waals surface area contributed by atoms with E-state index in [9.17, 15) is 4.79 Å². The van der Waals surface area contributed by atoms with Gasteiger partial charge in [0, 0.05) is 25.3 Å². The summed E-state index contributed by atoms with van der Waals surface area (Å²) in [5.74, 6) is 0.120. The van der Waals surface area contributed by atoms with Crippen molar-refractivity contribution < 1.29 is 9.53 Å². The largest absolute Gasteiger partial charge is 0.381 e. The Morgan fingerprint density at radius 2 is 2.21 bits per heavy atom. The van der Waals surface area contributed by atoms with Crippen molar-refractivity contribution in [1.82, 2.24) is 9.38 Å². The van der Waals surface area contributed by atoms with E-state index in [0.29, 0.717) is 13.2 Å². The molecular weight excluding hydrogens is 310 g/mol. The molecule has 3 rings (SSSR count). The van der Waals surface area contributed by atoms with E-state index in [1.165, 1.54) is 0 Å². The third-order valence-corrected chi connectivity index (χ3v) is 3.91. The van der Waals surface area contributed by atoms with E-state index >= 15 is 0 Å². The highest BCUT2D eigenvalue weighted by Gasteiger charge is 2.21. The molecule has 0 radical (unpaired) electrons. The molecule has 6 heteroatoms. The summed E-state index contributed by atoms with van der Waals surface area (Å²) in [7, 11) is 0. The van der Waals surface area contributed by atoms with E-state index in [2.05, 4.69) is 26.2 Å². The lowest BCUT2D eigenvalue weighted by Gasteiger charge is -2.21. The van der Waals surface area contributed by atoms with Gasteiger partial charge in [-0.15, -0.1) is 0 Å². The van der Waals surface area contributed by atoms with Crippen LogP contribution in [-0.2, 0) is 9.53 Å². The van der Waals surface area contributed by atoms with Crippen LogP contribution >= 0.6 is 15.9 Å². The van der Waals surface area contributed by atoms with Crippen LogP contribution in [0.4, 0.5) is 5.69 Å². The smallest absolute Gasteiger partial charge is 0.227 e. The van der Waals surface area contributed by atoms with Gasteiger partial charge in [-0.25, -0.2) is 4.98 Å². The minimum atomic E-state index is 0.0516. The standard InChI is InChI=1S/C13H14BrN3O2/c14-11-7-15-12-2-1-10(8-17(11)12)16-13(18)9-3-5-19-6-4-9/h1-2,7-9H,3-6H2,(H,16,18). The van der Waals surface area contributed by atoms with Crippen LogP contribution in [0, 0.1) is 5.92 Å². The highest BCUT2D eigenvalue weighted by Crippen LogP contribution is 2.20. The van der Waals surface area contributed by atoms with E-state index < -0.39 is 0 Å². The summed E-state index contributed by atoms with van der Waals surface area (Å²) >= 11 is 3.42. The number of imidazole rings is 1. The quantitative estimate of drug-likeness (QED) is 0.923. The minimum absolute atomic E-state index is 0.0516. The first-order valence-electron chi connectivity index (χ1n) is 6.25. The number of ether oxygens (including phenoxy) is 1. The maximum Gasteiger partial charge on any atom is 0.227 e. The van der Waals surface area contributed by atoms with Crippen LogP contribution in [-0.4, -0.2) is 28.5 Å². The van der Waals surface area contributed by atoms with Crippen LogP contribution in [0.2, 0.25) is 0 Å². The first kappa shape index (κ1) is 12.6. The molecule has 0 atom stereocenters. The van der Waals surface area contributed by atoms with Gasteiger partial charge in [-0.2, -0.15) is 0 Å². The van der Waals surface area contributed by atoms with Crippen LogP contribution in [0.3, 0.4) is 0 Å². The van der Waals surface area contributed by atoms with Gasteiger partial charge in [0.25, 0.3) is 0 Å². The average molecular weight is 324 g/mol. The third-order valence-electron chi connectivity index (χ3n) is 3.32. The number of carbonyl (C=O) groups excluding carboxylic acids is 1. The normalized spacial score (nSPS) is 16.7. The summed E-state index contributed by atoms with van der Waals surface area (Å²) in [4.78, 5) is 16.3. The highest BCUT2D eigenvalue weighted by atomic mass is 79.9. The number of fused-ring (bicyclic) bond motifs is 1. The summed E-state index contributed by atoms with van der Waals surface area (Å²) in [6, 6.07) is 3.75. The van der Waals surface area contributed by atoms with Crippen molar-refractivity contribution >= 4 is 33.2 Å². The molecule has 1 amide bonds. The van der Waals surface area contributed by atoms with Crippen molar-refractivity contribution in [2.45, 2.75) is 12.8 Å². The number of rotatable bonds is 2. The second-order valence-electron chi connectivity index (χ2n) is 4.60. The number of nitrogens with zero attached hydrogens (tertiary/aromatic N) is 2. The zero-order chi connectivity index (χ0) is 13.2. The lowest BCUT2D eigenvalue weighted by molar-refractivity contribution is -0.122. The highest BCUT2D eigenvalue weighted by molar-refractivity contribution is 9.10. The van der Waals surface area contributed by atoms with Gasteiger partial charge in [-0.1, -0.05) is 0 Å². The fourth-order valence-electron chi connectivity index (χ4n) is 2.23. The van der Waals surface area contributed by atoms with Gasteiger partial charge in [0.15, 0.2) is 0 Å². The van der Waals surface area contributed by atoms with E-state index in [0.717, 1.165) is 28.8 Å². The maximum atomic E-state index is 12.1. The topological polar surface area (TPSA) is 55.6 Å². The van der Waals surface area contributed by atoms with Crippen LogP contribution in [0.5, 0.6) is 0 Å². The van der Waals surface area contributed by atoms with E-state index in [1.54, 1.807) is 6.20 Å². The number of anilines is 1. The molecule has 1 N–H and O–H groups in total. The number of halogens is 1. The van der Waals surface area contributed by atoms with Gasteiger partial charge in [0.05, 0.1) is 11.9 Å². The molecule has 100 valence electrons. The Morgan fingerprint density at radius 1 is 1.42 bits per heavy atom. The van der Waals surface area contributed by atoms with E-state index in [4.69, 9.17) is 4.74 Å². The molecule has 2 aromatic heterocycles. The Labute approximate surface area is 119 Å². The van der Waals surface area contributed by atoms with Gasteiger partial charge < -0.3 is 10.1 Å². The summed E-state index contributed by atoms with van der Waals surface area (Å²) < 4.78 is 8.02. The number of hydrogen-bond donors (Lipinski definition) is 1. The van der Waals surface area contributed by atoms with Gasteiger partial charge in [0.1, 0.15) is 10.3 Å². The van der Waals surface area contributed by atoms with Crippen molar-refractivity contribution in [2.24, 2.45) is 5.92 Å². The minimum Gasteiger partial charge on any atom is -0.381 e. The molecule has 1 fully saturated rings. The van der Waals surface area contributed by atoms with Gasteiger partial charge >= 0.3 is 0 Å². The Hall–Kier alpha value is -1.40. The molecule has 0 aromatic carbocycles. The fourth-order valence-corrected chi connectivity index (χ4v) is 2.62. The lowest BCUT2D eigenvalue weighted by Crippen LogP contribution is -2.28. The SMILES string of the molecule is O=C(Nc1ccc2ncc(Br)n2c1)C1CCOCC1. The summed E-state index contributed by atoms with van der Waals surface area (Å²) in [5.41, 5.74) is 1.62. The van der Waals surface area contributed by atoms with Crippen molar-refractivity contribution in [3.8, 4) is 0 Å². The first-order chi connectivity index (χ1) is 9.24. The van der Waals surface area contributed by atoms with E-state index in [1.807, 2.05) is 22.7 Å². The molecule has 1 saturated heterocycles. The molecule has 2 aromatic rings. The summed E-state index contributed by atoms with van der Waals surface area (Å²) in [6.07, 6.45) is 5.19. The number of amides is 1. The number of hydrogen-bond acceptors (Lipinski definition) is 3. The predicted molar refractivity (Wildman–Crippen MR) is 75.1 cm³/mol. The van der Waals surface area contributed by atoms with Crippen LogP contribution in [0.15, 0.2) is 29.1 Å². The van der Waals surface area contributed by atoms with Crippen molar-refractivity contribution in [3.05, 3.63) is 29.1 Å². The van der Waals surface area contributed by atoms with Crippen LogP contribution in [0.25, 0.3) is 5.65 Å². The molecular formula is C13H14BrN3O2. The monoisotopic (exact) mass is 323 g/mol. The Balaban J connectivity index is 1.76. The summed E-state index contributed by atoms with van der Waals surface area (Å²) in [6.45, 7) is 1.34. The maximum absolute atomic E-state index is 12.1. The molecule has 0 aliphatic carbocycles.